The third-order valence-corrected chi connectivity index (χ3v) is 5.29. The Morgan fingerprint density at radius 2 is 1.76 bits per heavy atom. The van der Waals surface area contributed by atoms with Gasteiger partial charge in [0.1, 0.15) is 5.76 Å². The fourth-order valence-corrected chi connectivity index (χ4v) is 3.88. The number of aliphatic hydroxyl groups is 1. The van der Waals surface area contributed by atoms with Gasteiger partial charge in [0, 0.05) is 0 Å². The Bertz CT molecular complexity index is 882. The summed E-state index contributed by atoms with van der Waals surface area (Å²) >= 11 is 0. The Morgan fingerprint density at radius 3 is 2.59 bits per heavy atom. The summed E-state index contributed by atoms with van der Waals surface area (Å²) in [5, 5.41) is 11.2. The molecule has 0 fully saturated rings. The van der Waals surface area contributed by atoms with Crippen molar-refractivity contribution in [2.45, 2.75) is 32.5 Å². The van der Waals surface area contributed by atoms with Crippen molar-refractivity contribution in [3.63, 3.8) is 0 Å². The molecule has 29 heavy (non-hydrogen) atoms. The van der Waals surface area contributed by atoms with Crippen molar-refractivity contribution >= 4 is 11.6 Å². The molecule has 6 heteroatoms. The Balaban J connectivity index is 0.000000994. The Hall–Kier alpha value is -2.70. The predicted octanol–water partition coefficient (Wildman–Crippen LogP) is 4.02. The first-order valence-electron chi connectivity index (χ1n) is 9.97. The van der Waals surface area contributed by atoms with Crippen LogP contribution in [-0.2, 0) is 14.2 Å². The van der Waals surface area contributed by atoms with Gasteiger partial charge >= 0.3 is 0 Å². The van der Waals surface area contributed by atoms with Gasteiger partial charge in [0.25, 0.3) is 0 Å². The van der Waals surface area contributed by atoms with Gasteiger partial charge in [0.05, 0.1) is 24.7 Å². The van der Waals surface area contributed by atoms with E-state index in [0.29, 0.717) is 41.6 Å². The SMILES string of the molecule is C=C1c2cc3c(cc2/C=C\COC2C=CC4=C(OCO4)C(C2)C1O)OCO3.CC. The van der Waals surface area contributed by atoms with E-state index in [1.807, 2.05) is 50.3 Å². The first kappa shape index (κ1) is 19.6. The normalized spacial score (nSPS) is 28.0. The minimum atomic E-state index is -0.853. The molecule has 0 aromatic heterocycles. The number of aliphatic hydroxyl groups excluding tert-OH is 1. The van der Waals surface area contributed by atoms with Crippen LogP contribution in [0, 0.1) is 5.92 Å². The zero-order valence-electron chi connectivity index (χ0n) is 16.7. The van der Waals surface area contributed by atoms with Crippen LogP contribution in [0.25, 0.3) is 11.6 Å². The van der Waals surface area contributed by atoms with Gasteiger partial charge in [0.15, 0.2) is 17.3 Å². The number of hydrogen-bond acceptors (Lipinski definition) is 6. The van der Waals surface area contributed by atoms with Gasteiger partial charge in [-0.25, -0.2) is 0 Å². The molecule has 0 saturated carbocycles. The van der Waals surface area contributed by atoms with Crippen LogP contribution < -0.4 is 9.47 Å². The van der Waals surface area contributed by atoms with Gasteiger partial charge in [-0.05, 0) is 41.3 Å². The minimum Gasteiger partial charge on any atom is -0.458 e. The summed E-state index contributed by atoms with van der Waals surface area (Å²) in [5.74, 6) is 2.33. The lowest BCUT2D eigenvalue weighted by Crippen LogP contribution is -2.28. The third-order valence-electron chi connectivity index (χ3n) is 5.29. The summed E-state index contributed by atoms with van der Waals surface area (Å²) in [5.41, 5.74) is 2.32. The van der Waals surface area contributed by atoms with E-state index in [9.17, 15) is 5.11 Å². The maximum absolute atomic E-state index is 11.2. The van der Waals surface area contributed by atoms with E-state index < -0.39 is 6.10 Å². The standard InChI is InChI=1S/C21H20O6.C2H6/c1-12-15-9-19-18(25-10-26-19)7-13(15)3-2-6-23-14-4-5-17-21(27-11-24-17)16(8-14)20(12)22;1-2/h2-5,7,9,14,16,20,22H,1,6,8,10-11H2;1-2H3/b3-2-;. The highest BCUT2D eigenvalue weighted by Crippen LogP contribution is 2.42. The summed E-state index contributed by atoms with van der Waals surface area (Å²) < 4.78 is 28.2. The van der Waals surface area contributed by atoms with E-state index >= 15 is 0 Å². The molecule has 0 amide bonds. The number of benzene rings is 1. The summed E-state index contributed by atoms with van der Waals surface area (Å²) in [4.78, 5) is 0. The maximum atomic E-state index is 11.2. The van der Waals surface area contributed by atoms with Crippen molar-refractivity contribution in [3.8, 4) is 11.5 Å². The average molecular weight is 398 g/mol. The Morgan fingerprint density at radius 1 is 1.00 bits per heavy atom. The lowest BCUT2D eigenvalue weighted by Gasteiger charge is -2.27. The molecule has 2 bridgehead atoms. The summed E-state index contributed by atoms with van der Waals surface area (Å²) in [6.45, 7) is 9.00. The molecular weight excluding hydrogens is 372 g/mol. The fourth-order valence-electron chi connectivity index (χ4n) is 3.88. The van der Waals surface area contributed by atoms with Gasteiger partial charge in [0.2, 0.25) is 13.6 Å². The lowest BCUT2D eigenvalue weighted by molar-refractivity contribution is 0.0304. The summed E-state index contributed by atoms with van der Waals surface area (Å²) in [7, 11) is 0. The van der Waals surface area contributed by atoms with Crippen LogP contribution in [0.2, 0.25) is 0 Å². The number of hydrogen-bond donors (Lipinski definition) is 1. The highest BCUT2D eigenvalue weighted by Gasteiger charge is 2.37. The van der Waals surface area contributed by atoms with Crippen molar-refractivity contribution in [3.05, 3.63) is 59.6 Å². The van der Waals surface area contributed by atoms with E-state index in [2.05, 4.69) is 6.58 Å². The minimum absolute atomic E-state index is 0.155. The molecule has 0 radical (unpaired) electrons. The molecular formula is C23H26O6. The van der Waals surface area contributed by atoms with Gasteiger partial charge in [-0.1, -0.05) is 38.7 Å². The molecule has 0 spiro atoms. The van der Waals surface area contributed by atoms with E-state index in [1.54, 1.807) is 0 Å². The van der Waals surface area contributed by atoms with Crippen molar-refractivity contribution in [2.75, 3.05) is 20.2 Å². The number of fused-ring (bicyclic) bond motifs is 5. The largest absolute Gasteiger partial charge is 0.458 e. The Labute approximate surface area is 170 Å². The van der Waals surface area contributed by atoms with Crippen LogP contribution in [0.1, 0.15) is 31.4 Å². The predicted molar refractivity (Wildman–Crippen MR) is 109 cm³/mol. The lowest BCUT2D eigenvalue weighted by atomic mass is 9.85. The molecule has 6 nitrogen and oxygen atoms in total. The molecule has 5 rings (SSSR count). The van der Waals surface area contributed by atoms with Crippen molar-refractivity contribution in [1.29, 1.82) is 0 Å². The Kier molecular flexibility index (Phi) is 5.65. The zero-order valence-corrected chi connectivity index (χ0v) is 16.7. The van der Waals surface area contributed by atoms with Crippen LogP contribution in [0.3, 0.4) is 0 Å². The highest BCUT2D eigenvalue weighted by atomic mass is 16.7. The van der Waals surface area contributed by atoms with E-state index in [1.165, 1.54) is 0 Å². The molecule has 154 valence electrons. The second-order valence-corrected chi connectivity index (χ2v) is 6.87. The van der Waals surface area contributed by atoms with Crippen molar-refractivity contribution in [2.24, 2.45) is 5.92 Å². The highest BCUT2D eigenvalue weighted by molar-refractivity contribution is 5.78. The van der Waals surface area contributed by atoms with Gasteiger partial charge in [-0.3, -0.25) is 0 Å². The van der Waals surface area contributed by atoms with E-state index in [4.69, 9.17) is 23.7 Å². The van der Waals surface area contributed by atoms with Crippen LogP contribution >= 0.6 is 0 Å². The number of rotatable bonds is 0. The molecule has 1 aromatic carbocycles. The topological polar surface area (TPSA) is 66.4 Å². The number of allylic oxidation sites excluding steroid dienone is 1. The fraction of sp³-hybridized carbons (Fsp3) is 0.391. The van der Waals surface area contributed by atoms with Crippen molar-refractivity contribution < 1.29 is 28.8 Å². The van der Waals surface area contributed by atoms with Gasteiger partial charge < -0.3 is 28.8 Å². The molecule has 0 saturated heterocycles. The molecule has 3 heterocycles. The van der Waals surface area contributed by atoms with Crippen LogP contribution in [0.4, 0.5) is 0 Å². The molecule has 1 aliphatic carbocycles. The van der Waals surface area contributed by atoms with Gasteiger partial charge in [-0.15, -0.1) is 0 Å². The molecule has 4 aliphatic rings. The van der Waals surface area contributed by atoms with Crippen LogP contribution in [0.15, 0.2) is 48.5 Å². The summed E-state index contributed by atoms with van der Waals surface area (Å²) in [6, 6.07) is 3.78. The molecule has 3 unspecified atom stereocenters. The summed E-state index contributed by atoms with van der Waals surface area (Å²) in [6.07, 6.45) is 7.30. The molecule has 3 aliphatic heterocycles. The molecule has 3 atom stereocenters. The van der Waals surface area contributed by atoms with Crippen molar-refractivity contribution in [1.82, 2.24) is 0 Å². The van der Waals surface area contributed by atoms with E-state index in [-0.39, 0.29) is 25.6 Å². The first-order valence-corrected chi connectivity index (χ1v) is 9.97. The number of ether oxygens (including phenoxy) is 5. The smallest absolute Gasteiger partial charge is 0.231 e. The third kappa shape index (κ3) is 3.66. The quantitative estimate of drug-likeness (QED) is 0.712. The van der Waals surface area contributed by atoms with Crippen LogP contribution in [0.5, 0.6) is 11.5 Å². The second kappa shape index (κ2) is 8.35. The van der Waals surface area contributed by atoms with E-state index in [0.717, 1.165) is 11.1 Å². The maximum Gasteiger partial charge on any atom is 0.231 e. The monoisotopic (exact) mass is 398 g/mol. The molecule has 1 aromatic rings. The second-order valence-electron chi connectivity index (χ2n) is 6.87. The van der Waals surface area contributed by atoms with Gasteiger partial charge in [-0.2, -0.15) is 0 Å². The zero-order chi connectivity index (χ0) is 20.4. The first-order chi connectivity index (χ1) is 14.2. The average Bonchev–Trinajstić information content (AvgIpc) is 3.37. The van der Waals surface area contributed by atoms with Crippen LogP contribution in [-0.4, -0.2) is 37.5 Å². The molecule has 1 N–H and O–H groups in total.